The maximum atomic E-state index is 12.2. The first-order valence-electron chi connectivity index (χ1n) is 6.57. The highest BCUT2D eigenvalue weighted by molar-refractivity contribution is 7.16. The molecule has 4 atom stereocenters. The van der Waals surface area contributed by atoms with Crippen LogP contribution in [0.15, 0.2) is 9.59 Å². The predicted octanol–water partition coefficient (Wildman–Crippen LogP) is -1.34. The number of hydrogen-bond acceptors (Lipinski definition) is 7. The third-order valence-electron chi connectivity index (χ3n) is 3.59. The van der Waals surface area contributed by atoms with Gasteiger partial charge in [0, 0.05) is 0 Å². The van der Waals surface area contributed by atoms with Gasteiger partial charge in [-0.2, -0.15) is 0 Å². The molecule has 2 aromatic heterocycles. The number of nitrogens with one attached hydrogen (secondary N) is 1. The second-order valence-electron chi connectivity index (χ2n) is 5.00. The molecule has 0 unspecified atom stereocenters. The molecule has 22 heavy (non-hydrogen) atoms. The van der Waals surface area contributed by atoms with E-state index in [1.165, 1.54) is 0 Å². The SMILES string of the molecule is CC[C@H]1O[C@@H](n2c(=O)sc3c(=O)[nH]c(C)nc32)[C@H](O)[C@@H]1O.O. The molecule has 0 spiro atoms. The number of fused-ring (bicyclic) bond motifs is 1. The summed E-state index contributed by atoms with van der Waals surface area (Å²) in [7, 11) is 0. The third-order valence-corrected chi connectivity index (χ3v) is 4.53. The van der Waals surface area contributed by atoms with Crippen molar-refractivity contribution in [2.75, 3.05) is 0 Å². The lowest BCUT2D eigenvalue weighted by Gasteiger charge is -2.15. The number of ether oxygens (including phenoxy) is 1. The van der Waals surface area contributed by atoms with Gasteiger partial charge >= 0.3 is 4.87 Å². The molecule has 122 valence electrons. The van der Waals surface area contributed by atoms with E-state index in [-0.39, 0.29) is 15.8 Å². The number of aliphatic hydroxyl groups excluding tert-OH is 2. The standard InChI is InChI=1S/C12H15N3O5S.H2O/c1-3-5-6(16)7(17)11(20-5)15-9-8(21-12(15)19)10(18)14-4(2)13-9;/h5-7,11,16-17H,3H2,1-2H3,(H,13,14,18);1H2/t5-,6-,7-,11-;/m1./s1. The van der Waals surface area contributed by atoms with Crippen LogP contribution in [0.5, 0.6) is 0 Å². The Kier molecular flexibility index (Phi) is 4.49. The molecular weight excluding hydrogens is 314 g/mol. The first-order chi connectivity index (χ1) is 9.93. The molecule has 10 heteroatoms. The number of thiazole rings is 1. The molecule has 0 amide bonds. The fourth-order valence-corrected chi connectivity index (χ4v) is 3.39. The van der Waals surface area contributed by atoms with Gasteiger partial charge in [-0.25, -0.2) is 4.98 Å². The number of aromatic nitrogens is 3. The zero-order valence-electron chi connectivity index (χ0n) is 11.9. The summed E-state index contributed by atoms with van der Waals surface area (Å²) in [5, 5.41) is 20.0. The zero-order valence-corrected chi connectivity index (χ0v) is 12.8. The van der Waals surface area contributed by atoms with E-state index in [2.05, 4.69) is 9.97 Å². The van der Waals surface area contributed by atoms with Crippen molar-refractivity contribution in [1.29, 1.82) is 0 Å². The summed E-state index contributed by atoms with van der Waals surface area (Å²) in [6.45, 7) is 3.41. The van der Waals surface area contributed by atoms with Crippen molar-refractivity contribution in [1.82, 2.24) is 14.5 Å². The highest BCUT2D eigenvalue weighted by Gasteiger charge is 2.44. The first kappa shape index (κ1) is 16.8. The fraction of sp³-hybridized carbons (Fsp3) is 0.583. The van der Waals surface area contributed by atoms with Gasteiger partial charge in [0.05, 0.1) is 6.10 Å². The van der Waals surface area contributed by atoms with Crippen molar-refractivity contribution in [3.8, 4) is 0 Å². The Morgan fingerprint density at radius 2 is 2.05 bits per heavy atom. The number of aryl methyl sites for hydroxylation is 1. The topological polar surface area (TPSA) is 149 Å². The molecule has 1 aliphatic heterocycles. The number of hydrogen-bond donors (Lipinski definition) is 3. The lowest BCUT2D eigenvalue weighted by atomic mass is 10.1. The minimum absolute atomic E-state index is 0. The quantitative estimate of drug-likeness (QED) is 0.620. The van der Waals surface area contributed by atoms with Crippen LogP contribution in [0.25, 0.3) is 10.3 Å². The molecule has 1 saturated heterocycles. The van der Waals surface area contributed by atoms with E-state index in [1.54, 1.807) is 6.92 Å². The molecule has 0 aromatic carbocycles. The van der Waals surface area contributed by atoms with Gasteiger partial charge in [-0.1, -0.05) is 18.3 Å². The highest BCUT2D eigenvalue weighted by atomic mass is 32.1. The molecule has 0 bridgehead atoms. The molecule has 3 heterocycles. The summed E-state index contributed by atoms with van der Waals surface area (Å²) in [5.74, 6) is 0.360. The van der Waals surface area contributed by atoms with E-state index in [0.717, 1.165) is 15.9 Å². The van der Waals surface area contributed by atoms with Crippen LogP contribution < -0.4 is 10.4 Å². The van der Waals surface area contributed by atoms with Crippen molar-refractivity contribution in [2.45, 2.75) is 44.8 Å². The van der Waals surface area contributed by atoms with E-state index in [1.807, 2.05) is 6.92 Å². The van der Waals surface area contributed by atoms with Gasteiger partial charge in [0.1, 0.15) is 22.7 Å². The summed E-state index contributed by atoms with van der Waals surface area (Å²) in [4.78, 5) is 30.2. The second kappa shape index (κ2) is 5.89. The van der Waals surface area contributed by atoms with E-state index in [0.29, 0.717) is 12.2 Å². The maximum Gasteiger partial charge on any atom is 0.311 e. The summed E-state index contributed by atoms with van der Waals surface area (Å²) in [5.41, 5.74) is -0.238. The molecule has 5 N–H and O–H groups in total. The lowest BCUT2D eigenvalue weighted by molar-refractivity contribution is -0.0365. The van der Waals surface area contributed by atoms with Crippen LogP contribution in [0.1, 0.15) is 25.4 Å². The average molecular weight is 331 g/mol. The highest BCUT2D eigenvalue weighted by Crippen LogP contribution is 2.32. The molecule has 1 aliphatic rings. The van der Waals surface area contributed by atoms with Crippen LogP contribution in [0, 0.1) is 6.92 Å². The van der Waals surface area contributed by atoms with Crippen molar-refractivity contribution in [3.05, 3.63) is 25.8 Å². The normalized spacial score (nSPS) is 28.0. The Hall–Kier alpha value is -1.59. The largest absolute Gasteiger partial charge is 0.412 e. The van der Waals surface area contributed by atoms with Crippen LogP contribution in [-0.2, 0) is 4.74 Å². The number of H-pyrrole nitrogens is 1. The number of nitrogens with zero attached hydrogens (tertiary/aromatic N) is 2. The van der Waals surface area contributed by atoms with Gasteiger partial charge in [-0.05, 0) is 13.3 Å². The molecule has 2 aromatic rings. The average Bonchev–Trinajstić information content (AvgIpc) is 2.89. The van der Waals surface area contributed by atoms with E-state index in [9.17, 15) is 19.8 Å². The van der Waals surface area contributed by atoms with Crippen LogP contribution in [0.2, 0.25) is 0 Å². The zero-order chi connectivity index (χ0) is 15.3. The van der Waals surface area contributed by atoms with Crippen molar-refractivity contribution in [3.63, 3.8) is 0 Å². The minimum atomic E-state index is -1.24. The summed E-state index contributed by atoms with van der Waals surface area (Å²) < 4.78 is 6.89. The minimum Gasteiger partial charge on any atom is -0.412 e. The van der Waals surface area contributed by atoms with Gasteiger partial charge in [-0.3, -0.25) is 14.2 Å². The van der Waals surface area contributed by atoms with Crippen molar-refractivity contribution >= 4 is 21.7 Å². The molecule has 0 aliphatic carbocycles. The predicted molar refractivity (Wildman–Crippen MR) is 79.1 cm³/mol. The summed E-state index contributed by atoms with van der Waals surface area (Å²) >= 11 is 0.741. The number of aromatic amines is 1. The third kappa shape index (κ3) is 2.38. The monoisotopic (exact) mass is 331 g/mol. The fourth-order valence-electron chi connectivity index (χ4n) is 2.54. The van der Waals surface area contributed by atoms with Gasteiger partial charge < -0.3 is 25.4 Å². The molecular formula is C12H17N3O6S. The van der Waals surface area contributed by atoms with E-state index >= 15 is 0 Å². The van der Waals surface area contributed by atoms with Crippen LogP contribution in [-0.4, -0.2) is 48.5 Å². The van der Waals surface area contributed by atoms with Gasteiger partial charge in [0.15, 0.2) is 11.9 Å². The molecule has 0 saturated carbocycles. The van der Waals surface area contributed by atoms with E-state index in [4.69, 9.17) is 4.74 Å². The summed E-state index contributed by atoms with van der Waals surface area (Å²) in [6, 6.07) is 0. The van der Waals surface area contributed by atoms with Crippen molar-refractivity contribution in [2.24, 2.45) is 0 Å². The Balaban J connectivity index is 0.00000176. The Morgan fingerprint density at radius 1 is 1.36 bits per heavy atom. The van der Waals surface area contributed by atoms with Gasteiger partial charge in [0.25, 0.3) is 5.56 Å². The van der Waals surface area contributed by atoms with E-state index < -0.39 is 35.0 Å². The number of rotatable bonds is 2. The maximum absolute atomic E-state index is 12.2. The molecule has 9 nitrogen and oxygen atoms in total. The van der Waals surface area contributed by atoms with Gasteiger partial charge in [-0.15, -0.1) is 0 Å². The molecule has 1 fully saturated rings. The van der Waals surface area contributed by atoms with Crippen molar-refractivity contribution < 1.29 is 20.4 Å². The van der Waals surface area contributed by atoms with Crippen LogP contribution in [0.4, 0.5) is 0 Å². The number of aliphatic hydroxyl groups is 2. The Morgan fingerprint density at radius 3 is 2.64 bits per heavy atom. The van der Waals surface area contributed by atoms with Crippen LogP contribution >= 0.6 is 11.3 Å². The smallest absolute Gasteiger partial charge is 0.311 e. The second-order valence-corrected chi connectivity index (χ2v) is 5.96. The summed E-state index contributed by atoms with van der Waals surface area (Å²) in [6.07, 6.45) is -3.43. The molecule has 3 rings (SSSR count). The Labute approximate surface area is 128 Å². The lowest BCUT2D eigenvalue weighted by Crippen LogP contribution is -2.33. The van der Waals surface area contributed by atoms with Gasteiger partial charge in [0.2, 0.25) is 0 Å². The van der Waals surface area contributed by atoms with Crippen LogP contribution in [0.3, 0.4) is 0 Å². The Bertz CT molecular complexity index is 796. The molecule has 0 radical (unpaired) electrons. The first-order valence-corrected chi connectivity index (χ1v) is 7.39.